The Kier molecular flexibility index (Phi) is 5.82. The number of aryl methyl sites for hydroxylation is 2. The van der Waals surface area contributed by atoms with Crippen LogP contribution in [0.4, 0.5) is 5.69 Å². The summed E-state index contributed by atoms with van der Waals surface area (Å²) in [6, 6.07) is 23.8. The minimum Gasteiger partial charge on any atom is -0.508 e. The number of phenolic OH excluding ortho intramolecular Hbond substituents is 1. The van der Waals surface area contributed by atoms with Gasteiger partial charge in [-0.2, -0.15) is 0 Å². The van der Waals surface area contributed by atoms with Crippen LogP contribution in [-0.4, -0.2) is 16.2 Å². The number of hydrogen-bond donors (Lipinski definition) is 2. The van der Waals surface area contributed by atoms with Gasteiger partial charge in [0.15, 0.2) is 11.5 Å². The molecule has 1 amide bonds. The van der Waals surface area contributed by atoms with Gasteiger partial charge in [-0.3, -0.25) is 4.79 Å². The van der Waals surface area contributed by atoms with E-state index in [1.54, 1.807) is 24.3 Å². The SMILES string of the molecule is O=C(Nc1ccc(CCc2ccccc2)c(Cl)c1)c1cc(-c2cccc(O)c2)on1. The lowest BCUT2D eigenvalue weighted by molar-refractivity contribution is 0.101. The first-order valence-corrected chi connectivity index (χ1v) is 9.86. The lowest BCUT2D eigenvalue weighted by Crippen LogP contribution is -2.12. The highest BCUT2D eigenvalue weighted by Crippen LogP contribution is 2.25. The van der Waals surface area contributed by atoms with E-state index in [0.717, 1.165) is 18.4 Å². The van der Waals surface area contributed by atoms with Crippen molar-refractivity contribution in [1.29, 1.82) is 0 Å². The molecular weight excluding hydrogens is 400 g/mol. The van der Waals surface area contributed by atoms with E-state index in [9.17, 15) is 9.90 Å². The van der Waals surface area contributed by atoms with E-state index in [2.05, 4.69) is 22.6 Å². The number of aromatic hydroxyl groups is 1. The average Bonchev–Trinajstić information content (AvgIpc) is 3.24. The molecule has 150 valence electrons. The van der Waals surface area contributed by atoms with Gasteiger partial charge < -0.3 is 14.9 Å². The average molecular weight is 419 g/mol. The molecule has 1 aromatic heterocycles. The van der Waals surface area contributed by atoms with E-state index < -0.39 is 5.91 Å². The summed E-state index contributed by atoms with van der Waals surface area (Å²) in [5, 5.41) is 16.8. The third kappa shape index (κ3) is 4.70. The fourth-order valence-electron chi connectivity index (χ4n) is 3.12. The monoisotopic (exact) mass is 418 g/mol. The predicted molar refractivity (Wildman–Crippen MR) is 117 cm³/mol. The van der Waals surface area contributed by atoms with Crippen LogP contribution < -0.4 is 5.32 Å². The number of rotatable bonds is 6. The van der Waals surface area contributed by atoms with Crippen molar-refractivity contribution in [2.75, 3.05) is 5.32 Å². The molecule has 0 aliphatic rings. The number of nitrogens with zero attached hydrogens (tertiary/aromatic N) is 1. The summed E-state index contributed by atoms with van der Waals surface area (Å²) in [6.07, 6.45) is 1.71. The topological polar surface area (TPSA) is 75.4 Å². The molecule has 0 atom stereocenters. The quantitative estimate of drug-likeness (QED) is 0.418. The van der Waals surface area contributed by atoms with Gasteiger partial charge in [0.05, 0.1) is 0 Å². The molecule has 4 rings (SSSR count). The molecule has 30 heavy (non-hydrogen) atoms. The molecule has 6 heteroatoms. The maximum Gasteiger partial charge on any atom is 0.277 e. The third-order valence-corrected chi connectivity index (χ3v) is 5.06. The van der Waals surface area contributed by atoms with Crippen LogP contribution in [-0.2, 0) is 12.8 Å². The lowest BCUT2D eigenvalue weighted by Gasteiger charge is -2.08. The number of aromatic nitrogens is 1. The molecule has 0 radical (unpaired) electrons. The molecule has 0 saturated heterocycles. The fourth-order valence-corrected chi connectivity index (χ4v) is 3.40. The van der Waals surface area contributed by atoms with Crippen molar-refractivity contribution in [2.24, 2.45) is 0 Å². The Labute approximate surface area is 178 Å². The van der Waals surface area contributed by atoms with Crippen molar-refractivity contribution >= 4 is 23.2 Å². The number of amides is 1. The van der Waals surface area contributed by atoms with Crippen molar-refractivity contribution in [3.8, 4) is 17.1 Å². The number of nitrogens with one attached hydrogen (secondary N) is 1. The Hall–Kier alpha value is -3.57. The van der Waals surface area contributed by atoms with Gasteiger partial charge in [0.25, 0.3) is 5.91 Å². The zero-order valence-electron chi connectivity index (χ0n) is 16.0. The number of carbonyl (C=O) groups excluding carboxylic acids is 1. The van der Waals surface area contributed by atoms with Gasteiger partial charge in [-0.15, -0.1) is 0 Å². The van der Waals surface area contributed by atoms with E-state index in [1.807, 2.05) is 30.3 Å². The Morgan fingerprint density at radius 3 is 2.57 bits per heavy atom. The second-order valence-electron chi connectivity index (χ2n) is 6.87. The van der Waals surface area contributed by atoms with Crippen LogP contribution in [0.5, 0.6) is 5.75 Å². The molecule has 0 aliphatic heterocycles. The zero-order valence-corrected chi connectivity index (χ0v) is 16.8. The minimum absolute atomic E-state index is 0.108. The lowest BCUT2D eigenvalue weighted by atomic mass is 10.0. The maximum atomic E-state index is 12.5. The largest absolute Gasteiger partial charge is 0.508 e. The van der Waals surface area contributed by atoms with Crippen LogP contribution in [0, 0.1) is 0 Å². The summed E-state index contributed by atoms with van der Waals surface area (Å²) in [5.41, 5.74) is 3.62. The number of anilines is 1. The van der Waals surface area contributed by atoms with Gasteiger partial charge >= 0.3 is 0 Å². The smallest absolute Gasteiger partial charge is 0.277 e. The molecular formula is C24H19ClN2O3. The van der Waals surface area contributed by atoms with Crippen LogP contribution >= 0.6 is 11.6 Å². The highest BCUT2D eigenvalue weighted by molar-refractivity contribution is 6.31. The Morgan fingerprint density at radius 1 is 0.967 bits per heavy atom. The van der Waals surface area contributed by atoms with E-state index in [4.69, 9.17) is 16.1 Å². The van der Waals surface area contributed by atoms with Gasteiger partial charge in [-0.25, -0.2) is 0 Å². The maximum absolute atomic E-state index is 12.5. The predicted octanol–water partition coefficient (Wildman–Crippen LogP) is 5.74. The molecule has 0 spiro atoms. The summed E-state index contributed by atoms with van der Waals surface area (Å²) in [5.74, 6) is 0.0977. The summed E-state index contributed by atoms with van der Waals surface area (Å²) >= 11 is 6.41. The van der Waals surface area contributed by atoms with Gasteiger partial charge in [-0.1, -0.05) is 65.3 Å². The zero-order chi connectivity index (χ0) is 20.9. The summed E-state index contributed by atoms with van der Waals surface area (Å²) in [7, 11) is 0. The molecule has 5 nitrogen and oxygen atoms in total. The van der Waals surface area contributed by atoms with E-state index in [0.29, 0.717) is 22.0 Å². The van der Waals surface area contributed by atoms with Crippen molar-refractivity contribution < 1.29 is 14.4 Å². The summed E-state index contributed by atoms with van der Waals surface area (Å²) < 4.78 is 5.23. The number of benzene rings is 3. The standard InChI is InChI=1S/C24H19ClN2O3/c25-21-14-19(12-11-17(21)10-9-16-5-2-1-3-6-16)26-24(29)22-15-23(30-27-22)18-7-4-8-20(28)13-18/h1-8,11-15,28H,9-10H2,(H,26,29). The molecule has 0 aliphatic carbocycles. The van der Waals surface area contributed by atoms with Crippen LogP contribution in [0.15, 0.2) is 83.4 Å². The van der Waals surface area contributed by atoms with Crippen molar-refractivity contribution in [3.05, 3.63) is 101 Å². The molecule has 3 aromatic carbocycles. The van der Waals surface area contributed by atoms with E-state index >= 15 is 0 Å². The highest BCUT2D eigenvalue weighted by atomic mass is 35.5. The third-order valence-electron chi connectivity index (χ3n) is 4.71. The van der Waals surface area contributed by atoms with Crippen LogP contribution in [0.25, 0.3) is 11.3 Å². The summed E-state index contributed by atoms with van der Waals surface area (Å²) in [4.78, 5) is 12.5. The van der Waals surface area contributed by atoms with Gasteiger partial charge in [0.1, 0.15) is 5.75 Å². The molecule has 0 fully saturated rings. The molecule has 0 unspecified atom stereocenters. The molecule has 0 bridgehead atoms. The minimum atomic E-state index is -0.404. The van der Waals surface area contributed by atoms with Crippen LogP contribution in [0.3, 0.4) is 0 Å². The van der Waals surface area contributed by atoms with Crippen molar-refractivity contribution in [3.63, 3.8) is 0 Å². The molecule has 2 N–H and O–H groups in total. The number of halogens is 1. The number of phenols is 1. The normalized spacial score (nSPS) is 10.7. The van der Waals surface area contributed by atoms with E-state index in [1.165, 1.54) is 17.7 Å². The van der Waals surface area contributed by atoms with Gasteiger partial charge in [0, 0.05) is 22.3 Å². The Bertz CT molecular complexity index is 1170. The second-order valence-corrected chi connectivity index (χ2v) is 7.28. The Morgan fingerprint density at radius 2 is 1.80 bits per heavy atom. The van der Waals surface area contributed by atoms with Crippen LogP contribution in [0.1, 0.15) is 21.6 Å². The van der Waals surface area contributed by atoms with Crippen molar-refractivity contribution in [1.82, 2.24) is 5.16 Å². The molecule has 1 heterocycles. The second kappa shape index (κ2) is 8.84. The van der Waals surface area contributed by atoms with E-state index in [-0.39, 0.29) is 11.4 Å². The molecule has 0 saturated carbocycles. The van der Waals surface area contributed by atoms with Crippen molar-refractivity contribution in [2.45, 2.75) is 12.8 Å². The Balaban J connectivity index is 1.42. The van der Waals surface area contributed by atoms with Crippen LogP contribution in [0.2, 0.25) is 5.02 Å². The van der Waals surface area contributed by atoms with Gasteiger partial charge in [0.2, 0.25) is 0 Å². The number of carbonyl (C=O) groups is 1. The van der Waals surface area contributed by atoms with Gasteiger partial charge in [-0.05, 0) is 48.2 Å². The fraction of sp³-hybridized carbons (Fsp3) is 0.0833. The highest BCUT2D eigenvalue weighted by Gasteiger charge is 2.15. The summed E-state index contributed by atoms with van der Waals surface area (Å²) in [6.45, 7) is 0. The first kappa shape index (κ1) is 19.7. The number of hydrogen-bond acceptors (Lipinski definition) is 4. The molecule has 4 aromatic rings. The first-order chi connectivity index (χ1) is 14.6. The first-order valence-electron chi connectivity index (χ1n) is 9.48.